The van der Waals surface area contributed by atoms with E-state index in [1.807, 2.05) is 0 Å². The van der Waals surface area contributed by atoms with Crippen LogP contribution in [0.5, 0.6) is 23.0 Å². The second-order valence-electron chi connectivity index (χ2n) is 24.7. The van der Waals surface area contributed by atoms with E-state index in [1.54, 1.807) is 52.9 Å². The van der Waals surface area contributed by atoms with Crippen LogP contribution in [-0.4, -0.2) is 120 Å². The number of hydrogen-bond acceptors (Lipinski definition) is 14. The Morgan fingerprint density at radius 2 is 1.51 bits per heavy atom. The molecule has 0 bridgehead atoms. The largest absolute Gasteiger partial charge is 0.508 e. The molecule has 3 heterocycles. The van der Waals surface area contributed by atoms with Crippen molar-refractivity contribution in [1.29, 1.82) is 0 Å². The number of amides is 2. The number of aromatic hydroxyl groups is 2. The van der Waals surface area contributed by atoms with Crippen LogP contribution in [0.4, 0.5) is 0 Å². The van der Waals surface area contributed by atoms with Crippen molar-refractivity contribution in [2.24, 2.45) is 46.3 Å². The van der Waals surface area contributed by atoms with Gasteiger partial charge in [-0.25, -0.2) is 0 Å². The van der Waals surface area contributed by atoms with E-state index in [0.717, 1.165) is 82.1 Å². The highest BCUT2D eigenvalue weighted by Crippen LogP contribution is 2.70. The molecule has 2 amide bonds. The second-order valence-corrected chi connectivity index (χ2v) is 24.7. The molecule has 9 rings (SSSR count). The van der Waals surface area contributed by atoms with E-state index in [2.05, 4.69) is 54.7 Å². The number of methoxy groups -OCH3 is 2. The Hall–Kier alpha value is -6.01. The number of rotatable bonds is 26. The lowest BCUT2D eigenvalue weighted by atomic mass is 9.47. The lowest BCUT2D eigenvalue weighted by Gasteiger charge is -2.58. The molecule has 4 aliphatic carbocycles. The number of nitrogens with zero attached hydrogens (tertiary/aromatic N) is 3. The molecule has 17 heteroatoms. The van der Waals surface area contributed by atoms with Crippen molar-refractivity contribution in [2.45, 2.75) is 155 Å². The number of hydrogen-bond donors (Lipinski definition) is 5. The van der Waals surface area contributed by atoms with Crippen LogP contribution in [0.3, 0.4) is 0 Å². The van der Waals surface area contributed by atoms with Crippen LogP contribution < -0.4 is 20.1 Å². The lowest BCUT2D eigenvalue weighted by molar-refractivity contribution is -0.272. The number of unbranched alkanes of at least 4 members (excludes halogenated alkanes) is 4. The molecule has 3 saturated carbocycles. The van der Waals surface area contributed by atoms with Crippen molar-refractivity contribution in [3.63, 3.8) is 0 Å². The molecule has 2 aliphatic heterocycles. The van der Waals surface area contributed by atoms with E-state index < -0.39 is 5.78 Å². The first-order valence-electron chi connectivity index (χ1n) is 30.2. The third-order valence-electron chi connectivity index (χ3n) is 19.5. The summed E-state index contributed by atoms with van der Waals surface area (Å²) >= 11 is 0. The zero-order valence-corrected chi connectivity index (χ0v) is 49.2. The van der Waals surface area contributed by atoms with E-state index in [1.165, 1.54) is 77.0 Å². The van der Waals surface area contributed by atoms with Gasteiger partial charge in [0.25, 0.3) is 0 Å². The van der Waals surface area contributed by atoms with Crippen molar-refractivity contribution in [2.75, 3.05) is 53.7 Å². The van der Waals surface area contributed by atoms with Crippen LogP contribution in [0.1, 0.15) is 141 Å². The smallest absolute Gasteiger partial charge is 0.246 e. The van der Waals surface area contributed by atoms with Gasteiger partial charge < -0.3 is 54.4 Å². The minimum Gasteiger partial charge on any atom is -0.508 e. The molecule has 82 heavy (non-hydrogen) atoms. The Balaban J connectivity index is 0.615. The van der Waals surface area contributed by atoms with E-state index in [4.69, 9.17) is 28.4 Å². The number of aliphatic hydroxyl groups excluding tert-OH is 1. The first-order valence-corrected chi connectivity index (χ1v) is 30.2. The monoisotopic (exact) mass is 1130 g/mol. The lowest BCUT2D eigenvalue weighted by Crippen LogP contribution is -2.52. The van der Waals surface area contributed by atoms with Gasteiger partial charge in [0.15, 0.2) is 34.6 Å². The fourth-order valence-electron chi connectivity index (χ4n) is 15.0. The Labute approximate surface area is 484 Å². The number of phenolic OH excluding ortho intramolecular Hbond substituents is 2. The number of ether oxygens (including phenoxy) is 6. The number of aromatic nitrogens is 3. The Morgan fingerprint density at radius 3 is 2.20 bits per heavy atom. The van der Waals surface area contributed by atoms with Crippen LogP contribution in [0, 0.1) is 46.3 Å². The summed E-state index contributed by atoms with van der Waals surface area (Å²) in [5.74, 6) is 2.72. The van der Waals surface area contributed by atoms with Gasteiger partial charge in [-0.2, -0.15) is 0 Å². The van der Waals surface area contributed by atoms with E-state index in [-0.39, 0.29) is 83.1 Å². The number of aliphatic hydroxyl groups is 1. The zero-order chi connectivity index (χ0) is 58.0. The quantitative estimate of drug-likeness (QED) is 0.0166. The molecule has 3 aromatic rings. The number of carbonyl (C=O) groups excluding carboxylic acids is 3. The molecule has 2 aromatic carbocycles. The molecule has 2 saturated heterocycles. The van der Waals surface area contributed by atoms with Gasteiger partial charge in [-0.05, 0) is 165 Å². The maximum Gasteiger partial charge on any atom is 0.246 e. The second kappa shape index (κ2) is 27.1. The van der Waals surface area contributed by atoms with Crippen molar-refractivity contribution < 1.29 is 58.1 Å². The summed E-state index contributed by atoms with van der Waals surface area (Å²) in [6.45, 7) is 12.7. The van der Waals surface area contributed by atoms with Crippen LogP contribution in [0.25, 0.3) is 12.2 Å². The first-order chi connectivity index (χ1) is 39.5. The summed E-state index contributed by atoms with van der Waals surface area (Å²) in [4.78, 5) is 38.5. The van der Waals surface area contributed by atoms with E-state index in [9.17, 15) is 29.7 Å². The number of phenols is 2. The standard InChI is InChI=1S/C65H89N5O12/c1-42-23-28-65(81-39-42)43(2)62-59(82-65)37-52-49-18-17-46-35-48(24-26-63(46,3)51(49)25-27-64(52,62)4)80-32-12-10-30-67-61(76)41-79-40-60(75)66-29-9-7-8-11-31-70-38-47(68-69-70)36-50(53(71)19-13-44-15-21-55(73)57(33-44)77-5)54(72)20-14-45-16-22-56(74)58(34-45)78-6/h13-17,19-22,33-34,38,42-43,48-49,51-52,59,62,71,73-74H,7-12,18,23-32,35-37,39-41H2,1-6H3,(H,66,75)(H,67,76)/b19-13+,20-14+,53-50?/t42-,43+,48+,49-,51+,52+,59+,62+,63+,64+,65-/m1/s1. The van der Waals surface area contributed by atoms with E-state index >= 15 is 0 Å². The van der Waals surface area contributed by atoms with Crippen molar-refractivity contribution >= 4 is 29.7 Å². The van der Waals surface area contributed by atoms with Gasteiger partial charge >= 0.3 is 0 Å². The highest BCUT2D eigenvalue weighted by molar-refractivity contribution is 6.07. The number of nitrogens with one attached hydrogen (secondary N) is 2. The molecular weight excluding hydrogens is 1040 g/mol. The number of allylic oxidation sites excluding steroid dienone is 4. The number of benzene rings is 2. The third kappa shape index (κ3) is 14.0. The molecule has 1 spiro atoms. The SMILES string of the molecule is COc1cc(/C=C/C(=O)C(Cc2cn(CCCCCCNC(=O)COCC(=O)NCCCCO[C@H]3CC[C@@]4(C)C(=CC[C@H]5[C@@H]6C[C@@H]7O[C@]8(CC[C@@H](C)CO8)[C@@H](C)[C@@H]7[C@@]6(C)CC[C@@H]54)C3)nn2)=C(O)/C=C/c2ccc(O)c(OC)c2)ccc1O. The van der Waals surface area contributed by atoms with E-state index in [0.29, 0.717) is 72.3 Å². The van der Waals surface area contributed by atoms with Gasteiger partial charge in [-0.15, -0.1) is 5.10 Å². The highest BCUT2D eigenvalue weighted by Gasteiger charge is 2.68. The molecule has 0 unspecified atom stereocenters. The van der Waals surface area contributed by atoms with Crippen LogP contribution >= 0.6 is 0 Å². The summed E-state index contributed by atoms with van der Waals surface area (Å²) in [5.41, 5.74) is 4.01. The predicted octanol–water partition coefficient (Wildman–Crippen LogP) is 10.4. The van der Waals surface area contributed by atoms with Gasteiger partial charge in [0.2, 0.25) is 11.8 Å². The average molecular weight is 1130 g/mol. The molecular formula is C65H89N5O12. The third-order valence-corrected chi connectivity index (χ3v) is 19.5. The summed E-state index contributed by atoms with van der Waals surface area (Å²) in [5, 5.41) is 45.5. The summed E-state index contributed by atoms with van der Waals surface area (Å²) in [7, 11) is 2.87. The Kier molecular flexibility index (Phi) is 20.0. The molecule has 5 fully saturated rings. The number of ketones is 1. The molecule has 11 atom stereocenters. The summed E-state index contributed by atoms with van der Waals surface area (Å²) < 4.78 is 37.5. The van der Waals surface area contributed by atoms with Crippen LogP contribution in [0.2, 0.25) is 0 Å². The number of aryl methyl sites for hydroxylation is 1. The molecule has 6 aliphatic rings. The van der Waals surface area contributed by atoms with Gasteiger partial charge in [-0.1, -0.05) is 81.7 Å². The first kappa shape index (κ1) is 60.6. The Bertz CT molecular complexity index is 2830. The highest BCUT2D eigenvalue weighted by atomic mass is 16.7. The maximum atomic E-state index is 13.6. The van der Waals surface area contributed by atoms with Gasteiger partial charge in [0, 0.05) is 56.8 Å². The molecule has 5 N–H and O–H groups in total. The maximum absolute atomic E-state index is 13.6. The normalized spacial score (nSPS) is 29.6. The minimum atomic E-state index is -0.461. The van der Waals surface area contributed by atoms with Crippen molar-refractivity contribution in [3.8, 4) is 23.0 Å². The fourth-order valence-corrected chi connectivity index (χ4v) is 15.0. The average Bonchev–Trinajstić information content (AvgIpc) is 2.60. The molecule has 17 nitrogen and oxygen atoms in total. The summed E-state index contributed by atoms with van der Waals surface area (Å²) in [6, 6.07) is 9.40. The van der Waals surface area contributed by atoms with Crippen molar-refractivity contribution in [3.05, 3.63) is 94.5 Å². The fraction of sp³-hybridized carbons (Fsp3) is 0.615. The minimum absolute atomic E-state index is 0.00319. The van der Waals surface area contributed by atoms with Crippen molar-refractivity contribution in [1.82, 2.24) is 25.6 Å². The summed E-state index contributed by atoms with van der Waals surface area (Å²) in [6.07, 6.45) is 26.4. The Morgan fingerprint density at radius 1 is 0.829 bits per heavy atom. The molecule has 446 valence electrons. The predicted molar refractivity (Wildman–Crippen MR) is 312 cm³/mol. The zero-order valence-electron chi connectivity index (χ0n) is 49.2. The topological polar surface area (TPSA) is 222 Å². The van der Waals surface area contributed by atoms with Gasteiger partial charge in [0.1, 0.15) is 19.0 Å². The number of fused-ring (bicyclic) bond motifs is 7. The molecule has 0 radical (unpaired) electrons. The number of carbonyl (C=O) groups is 3. The van der Waals surface area contributed by atoms with Crippen LogP contribution in [-0.2, 0) is 46.3 Å². The van der Waals surface area contributed by atoms with Gasteiger partial charge in [0.05, 0.1) is 38.7 Å². The van der Waals surface area contributed by atoms with Crippen LogP contribution in [0.15, 0.2) is 77.7 Å². The molecule has 1 aromatic heterocycles. The van der Waals surface area contributed by atoms with Gasteiger partial charge in [-0.3, -0.25) is 19.1 Å².